The second-order valence-corrected chi connectivity index (χ2v) is 9.76. The first kappa shape index (κ1) is 16.1. The minimum absolute atomic E-state index is 0.00353. The van der Waals surface area contributed by atoms with Gasteiger partial charge in [0.05, 0.1) is 16.0 Å². The predicted octanol–water partition coefficient (Wildman–Crippen LogP) is 3.09. The molecule has 2 aliphatic rings. The molecule has 24 heavy (non-hydrogen) atoms. The van der Waals surface area contributed by atoms with Crippen LogP contribution in [0.5, 0.6) is 5.75 Å². The number of ether oxygens (including phenoxy) is 1. The van der Waals surface area contributed by atoms with Crippen LogP contribution >= 0.6 is 21.9 Å². The molecule has 4 rings (SSSR count). The molecule has 2 aromatic rings. The number of rotatable bonds is 4. The molecule has 1 amide bonds. The van der Waals surface area contributed by atoms with Crippen molar-refractivity contribution in [3.05, 3.63) is 23.7 Å². The number of carbonyl (C=O) groups is 1. The van der Waals surface area contributed by atoms with Gasteiger partial charge < -0.3 is 10.1 Å². The largest absolute Gasteiger partial charge is 0.488 e. The smallest absolute Gasteiger partial charge is 0.223 e. The van der Waals surface area contributed by atoms with Gasteiger partial charge in [-0.3, -0.25) is 13.9 Å². The first-order chi connectivity index (χ1) is 11.5. The predicted molar refractivity (Wildman–Crippen MR) is 95.9 cm³/mol. The lowest BCUT2D eigenvalue weighted by Crippen LogP contribution is -2.47. The first-order valence-corrected chi connectivity index (χ1v) is 10.8. The number of benzene rings is 1. The summed E-state index contributed by atoms with van der Waals surface area (Å²) in [5.74, 6) is 1.42. The second-order valence-electron chi connectivity index (χ2n) is 6.53. The van der Waals surface area contributed by atoms with Crippen LogP contribution in [0, 0.1) is 5.92 Å². The molecule has 1 saturated carbocycles. The molecule has 1 atom stereocenters. The molecule has 2 heterocycles. The van der Waals surface area contributed by atoms with Crippen molar-refractivity contribution in [2.45, 2.75) is 31.4 Å². The highest BCUT2D eigenvalue weighted by molar-refractivity contribution is 8.24. The maximum atomic E-state index is 12.2. The monoisotopic (exact) mass is 368 g/mol. The van der Waals surface area contributed by atoms with E-state index in [4.69, 9.17) is 4.74 Å². The number of amides is 1. The van der Waals surface area contributed by atoms with E-state index in [0.717, 1.165) is 16.0 Å². The van der Waals surface area contributed by atoms with Gasteiger partial charge in [-0.25, -0.2) is 4.98 Å². The van der Waals surface area contributed by atoms with Gasteiger partial charge in [0.2, 0.25) is 5.91 Å². The van der Waals surface area contributed by atoms with E-state index < -0.39 is 10.6 Å². The summed E-state index contributed by atoms with van der Waals surface area (Å²) in [6.07, 6.45) is 2.06. The molecule has 1 aliphatic carbocycles. The third kappa shape index (κ3) is 3.23. The van der Waals surface area contributed by atoms with Gasteiger partial charge >= 0.3 is 0 Å². The average Bonchev–Trinajstić information content (AvgIpc) is 3.08. The van der Waals surface area contributed by atoms with Gasteiger partial charge in [0.1, 0.15) is 17.4 Å². The van der Waals surface area contributed by atoms with Crippen LogP contribution in [0.1, 0.15) is 19.3 Å². The number of nitrogens with one attached hydrogen (secondary N) is 1. The molecule has 1 aliphatic heterocycles. The number of thiazole rings is 1. The summed E-state index contributed by atoms with van der Waals surface area (Å²) in [7, 11) is -2.47. The Labute approximate surface area is 145 Å². The van der Waals surface area contributed by atoms with E-state index in [1.807, 2.05) is 18.2 Å². The Bertz CT molecular complexity index is 757. The van der Waals surface area contributed by atoms with Crippen LogP contribution in [0.25, 0.3) is 10.2 Å². The van der Waals surface area contributed by atoms with Crippen molar-refractivity contribution in [3.8, 4) is 5.75 Å². The quantitative estimate of drug-likeness (QED) is 0.771. The molecule has 3 N–H and O–H groups in total. The lowest BCUT2D eigenvalue weighted by Gasteiger charge is -2.35. The van der Waals surface area contributed by atoms with Crippen molar-refractivity contribution in [2.75, 3.05) is 11.5 Å². The van der Waals surface area contributed by atoms with Crippen LogP contribution in [0.2, 0.25) is 0 Å². The molecule has 1 aromatic heterocycles. The zero-order chi connectivity index (χ0) is 16.7. The van der Waals surface area contributed by atoms with Gasteiger partial charge in [-0.1, -0.05) is 6.07 Å². The Morgan fingerprint density at radius 2 is 2.21 bits per heavy atom. The fourth-order valence-corrected chi connectivity index (χ4v) is 5.68. The number of para-hydroxylation sites is 1. The standard InChI is InChI=1S/C16H20N2O4S2/c19-16(18-11-4-5-24(20,21)8-11)10-6-12(7-10)22-13-2-1-3-14-15(13)17-9-23-14/h1-3,9-12,20-21H,4-8H2,(H,18,19). The first-order valence-electron chi connectivity index (χ1n) is 8.03. The molecule has 0 bridgehead atoms. The van der Waals surface area contributed by atoms with Gasteiger partial charge in [-0.2, -0.15) is 10.6 Å². The molecule has 1 aromatic carbocycles. The number of nitrogens with zero attached hydrogens (tertiary/aromatic N) is 1. The van der Waals surface area contributed by atoms with E-state index in [9.17, 15) is 13.9 Å². The summed E-state index contributed by atoms with van der Waals surface area (Å²) in [6.45, 7) is 0. The molecule has 0 radical (unpaired) electrons. The summed E-state index contributed by atoms with van der Waals surface area (Å²) in [5, 5.41) is 2.94. The minimum Gasteiger partial charge on any atom is -0.488 e. The Kier molecular flexibility index (Phi) is 4.16. The Balaban J connectivity index is 1.29. The molecule has 6 nitrogen and oxygen atoms in total. The molecule has 1 saturated heterocycles. The van der Waals surface area contributed by atoms with Crippen molar-refractivity contribution in [2.24, 2.45) is 5.92 Å². The topological polar surface area (TPSA) is 91.7 Å². The third-order valence-electron chi connectivity index (χ3n) is 4.69. The molecule has 0 spiro atoms. The number of hydrogen-bond acceptors (Lipinski definition) is 6. The van der Waals surface area contributed by atoms with Crippen LogP contribution < -0.4 is 10.1 Å². The van der Waals surface area contributed by atoms with Gasteiger partial charge in [0.25, 0.3) is 0 Å². The summed E-state index contributed by atoms with van der Waals surface area (Å²) in [6, 6.07) is 5.78. The van der Waals surface area contributed by atoms with E-state index in [1.54, 1.807) is 16.8 Å². The number of aromatic nitrogens is 1. The van der Waals surface area contributed by atoms with Crippen LogP contribution in [-0.4, -0.2) is 43.6 Å². The summed E-state index contributed by atoms with van der Waals surface area (Å²) in [5.41, 5.74) is 2.69. The molecule has 2 fully saturated rings. The maximum Gasteiger partial charge on any atom is 0.223 e. The van der Waals surface area contributed by atoms with E-state index in [0.29, 0.717) is 25.0 Å². The normalized spacial score (nSPS) is 29.8. The Hall–Kier alpha value is -1.35. The van der Waals surface area contributed by atoms with Gasteiger partial charge in [-0.05, 0) is 31.4 Å². The minimum atomic E-state index is -2.47. The van der Waals surface area contributed by atoms with Crippen LogP contribution in [0.4, 0.5) is 0 Å². The SMILES string of the molecule is O=C(NC1CCS(O)(O)C1)C1CC(Oc2cccc3scnc23)C1. The van der Waals surface area contributed by atoms with Crippen molar-refractivity contribution in [3.63, 3.8) is 0 Å². The van der Waals surface area contributed by atoms with Crippen molar-refractivity contribution >= 4 is 38.1 Å². The number of carbonyl (C=O) groups excluding carboxylic acids is 1. The third-order valence-corrected chi connectivity index (χ3v) is 7.31. The Morgan fingerprint density at radius 1 is 1.38 bits per heavy atom. The van der Waals surface area contributed by atoms with Crippen LogP contribution in [-0.2, 0) is 4.79 Å². The lowest BCUT2D eigenvalue weighted by atomic mass is 9.81. The molecule has 130 valence electrons. The fourth-order valence-electron chi connectivity index (χ4n) is 3.26. The van der Waals surface area contributed by atoms with E-state index in [1.165, 1.54) is 0 Å². The van der Waals surface area contributed by atoms with Gasteiger partial charge in [0.15, 0.2) is 0 Å². The molecular weight excluding hydrogens is 348 g/mol. The summed E-state index contributed by atoms with van der Waals surface area (Å²) in [4.78, 5) is 16.6. The van der Waals surface area contributed by atoms with E-state index in [-0.39, 0.29) is 29.7 Å². The maximum absolute atomic E-state index is 12.2. The van der Waals surface area contributed by atoms with Crippen molar-refractivity contribution < 1.29 is 18.6 Å². The van der Waals surface area contributed by atoms with Crippen molar-refractivity contribution in [1.29, 1.82) is 0 Å². The Morgan fingerprint density at radius 3 is 2.96 bits per heavy atom. The highest BCUT2D eigenvalue weighted by Crippen LogP contribution is 2.45. The summed E-state index contributed by atoms with van der Waals surface area (Å²) < 4.78 is 26.3. The zero-order valence-electron chi connectivity index (χ0n) is 13.1. The highest BCUT2D eigenvalue weighted by atomic mass is 32.3. The van der Waals surface area contributed by atoms with Gasteiger partial charge in [0, 0.05) is 17.7 Å². The molecular formula is C16H20N2O4S2. The number of fused-ring (bicyclic) bond motifs is 1. The molecule has 8 heteroatoms. The highest BCUT2D eigenvalue weighted by Gasteiger charge is 2.38. The van der Waals surface area contributed by atoms with Crippen molar-refractivity contribution in [1.82, 2.24) is 10.3 Å². The van der Waals surface area contributed by atoms with E-state index >= 15 is 0 Å². The fraction of sp³-hybridized carbons (Fsp3) is 0.500. The lowest BCUT2D eigenvalue weighted by molar-refractivity contribution is -0.131. The number of hydrogen-bond donors (Lipinski definition) is 3. The van der Waals surface area contributed by atoms with Gasteiger partial charge in [-0.15, -0.1) is 11.3 Å². The van der Waals surface area contributed by atoms with Crippen LogP contribution in [0.3, 0.4) is 0 Å². The summed E-state index contributed by atoms with van der Waals surface area (Å²) >= 11 is 1.58. The van der Waals surface area contributed by atoms with Crippen LogP contribution in [0.15, 0.2) is 23.7 Å². The van der Waals surface area contributed by atoms with E-state index in [2.05, 4.69) is 10.3 Å². The molecule has 1 unspecified atom stereocenters. The zero-order valence-corrected chi connectivity index (χ0v) is 14.7. The average molecular weight is 368 g/mol. The second kappa shape index (κ2) is 6.18.